The lowest BCUT2D eigenvalue weighted by atomic mass is 9.55. The summed E-state index contributed by atoms with van der Waals surface area (Å²) in [6, 6.07) is 73.3. The number of hydrogen-bond acceptors (Lipinski definition) is 4. The number of benzene rings is 11. The van der Waals surface area contributed by atoms with Crippen molar-refractivity contribution in [2.75, 3.05) is 9.80 Å². The van der Waals surface area contributed by atoms with Crippen LogP contribution in [-0.2, 0) is 0 Å². The highest BCUT2D eigenvalue weighted by molar-refractivity contribution is 6.38. The summed E-state index contributed by atoms with van der Waals surface area (Å²) in [5.41, 5.74) is 16.5. The van der Waals surface area contributed by atoms with Gasteiger partial charge in [-0.1, -0.05) is 180 Å². The van der Waals surface area contributed by atoms with E-state index in [1.807, 2.05) is 0 Å². The molecule has 8 aliphatic carbocycles. The van der Waals surface area contributed by atoms with E-state index in [0.717, 1.165) is 80.4 Å². The van der Waals surface area contributed by atoms with Crippen molar-refractivity contribution >= 4 is 102 Å². The molecule has 88 heavy (non-hydrogen) atoms. The molecule has 0 aliphatic heterocycles. The summed E-state index contributed by atoms with van der Waals surface area (Å²) in [7, 11) is 0. The van der Waals surface area contributed by atoms with Crippen molar-refractivity contribution in [2.45, 2.75) is 104 Å². The number of rotatable bonds is 14. The molecule has 0 radical (unpaired) electrons. The Bertz CT molecular complexity index is 4130. The van der Waals surface area contributed by atoms with Crippen LogP contribution in [0.5, 0.6) is 11.5 Å². The van der Waals surface area contributed by atoms with E-state index >= 15 is 0 Å². The second kappa shape index (κ2) is 21.6. The van der Waals surface area contributed by atoms with Crippen LogP contribution < -0.4 is 19.3 Å². The Kier molecular flexibility index (Phi) is 13.2. The molecular formula is C84H78N2O2. The third kappa shape index (κ3) is 9.56. The maximum Gasteiger partial charge on any atom is 0.130 e. The molecule has 436 valence electrons. The molecule has 8 saturated carbocycles. The molecular weight excluding hydrogens is 1070 g/mol. The zero-order valence-electron chi connectivity index (χ0n) is 51.3. The maximum atomic E-state index is 8.06. The van der Waals surface area contributed by atoms with Gasteiger partial charge in [-0.05, 0) is 221 Å². The van der Waals surface area contributed by atoms with Crippen LogP contribution in [0.2, 0.25) is 0 Å². The van der Waals surface area contributed by atoms with Crippen molar-refractivity contribution in [2.24, 2.45) is 47.3 Å². The van der Waals surface area contributed by atoms with E-state index in [9.17, 15) is 0 Å². The van der Waals surface area contributed by atoms with Gasteiger partial charge in [0.2, 0.25) is 0 Å². The number of ether oxygens (including phenoxy) is 2. The normalized spacial score (nSPS) is 24.3. The second-order valence-electron chi connectivity index (χ2n) is 28.0. The predicted molar refractivity (Wildman–Crippen MR) is 370 cm³/mol. The Balaban J connectivity index is 0.903. The smallest absolute Gasteiger partial charge is 0.130 e. The molecule has 0 atom stereocenters. The fourth-order valence-electron chi connectivity index (χ4n) is 18.3. The number of aryl methyl sites for hydroxylation is 4. The number of nitrogens with zero attached hydrogens (tertiary/aromatic N) is 2. The van der Waals surface area contributed by atoms with Crippen molar-refractivity contribution in [1.29, 1.82) is 0 Å². The average Bonchev–Trinajstić information content (AvgIpc) is 0.817. The largest absolute Gasteiger partial charge is 0.489 e. The van der Waals surface area contributed by atoms with Gasteiger partial charge < -0.3 is 19.3 Å². The van der Waals surface area contributed by atoms with Gasteiger partial charge in [0.05, 0.1) is 11.4 Å². The Morgan fingerprint density at radius 1 is 0.295 bits per heavy atom. The summed E-state index contributed by atoms with van der Waals surface area (Å²) in [5.74, 6) is 7.61. The standard InChI is InChI=1S/C84H78N2O2/c1-51-11-19-55(20-12-51)23-25-57-27-35-69(36-28-57)85(67-31-15-53(3)16-32-67)75-49-77(87-83-63-41-59-39-60(43-63)44-64(83)42-59)81-74-10-6-8-72-76(86(68-33-17-54(4)18-34-68)70-37-29-58(30-38-70)26-24-56-21-13-52(2)14-22-56)50-78(82(80(72)74)73-9-5-7-71(75)79(73)81)88-84-65-45-61-40-62(47-65)48-66(84)46-61/h5-38,49-50,59-66,83-84H,39-48H2,1-4H3. The van der Waals surface area contributed by atoms with Gasteiger partial charge in [-0.15, -0.1) is 0 Å². The van der Waals surface area contributed by atoms with Crippen molar-refractivity contribution < 1.29 is 9.47 Å². The van der Waals surface area contributed by atoms with E-state index in [0.29, 0.717) is 23.7 Å². The molecule has 0 amide bonds. The van der Waals surface area contributed by atoms with E-state index in [4.69, 9.17) is 9.47 Å². The summed E-state index contributed by atoms with van der Waals surface area (Å²) in [5, 5.41) is 9.80. The molecule has 4 nitrogen and oxygen atoms in total. The van der Waals surface area contributed by atoms with Crippen LogP contribution >= 0.6 is 0 Å². The molecule has 0 saturated heterocycles. The van der Waals surface area contributed by atoms with Gasteiger partial charge in [0.15, 0.2) is 0 Å². The van der Waals surface area contributed by atoms with Crippen molar-refractivity contribution in [1.82, 2.24) is 0 Å². The summed E-state index contributed by atoms with van der Waals surface area (Å²) in [6.07, 6.45) is 22.3. The van der Waals surface area contributed by atoms with Crippen LogP contribution in [0, 0.1) is 75.0 Å². The second-order valence-corrected chi connectivity index (χ2v) is 28.0. The van der Waals surface area contributed by atoms with Crippen LogP contribution in [0.15, 0.2) is 194 Å². The van der Waals surface area contributed by atoms with Crippen molar-refractivity contribution in [3.05, 3.63) is 239 Å². The Morgan fingerprint density at radius 3 is 0.864 bits per heavy atom. The monoisotopic (exact) mass is 1150 g/mol. The highest BCUT2D eigenvalue weighted by atomic mass is 16.5. The maximum absolute atomic E-state index is 8.06. The fourth-order valence-corrected chi connectivity index (χ4v) is 18.3. The third-order valence-corrected chi connectivity index (χ3v) is 22.0. The third-order valence-electron chi connectivity index (χ3n) is 22.0. The summed E-state index contributed by atoms with van der Waals surface area (Å²) < 4.78 is 16.1. The number of hydrogen-bond donors (Lipinski definition) is 0. The first-order chi connectivity index (χ1) is 43.1. The quantitative estimate of drug-likeness (QED) is 0.0615. The van der Waals surface area contributed by atoms with Gasteiger partial charge >= 0.3 is 0 Å². The first-order valence-corrected chi connectivity index (χ1v) is 33.1. The zero-order valence-corrected chi connectivity index (χ0v) is 51.3. The molecule has 4 heteroatoms. The molecule has 19 rings (SSSR count). The lowest BCUT2D eigenvalue weighted by molar-refractivity contribution is -0.0784. The average molecular weight is 1150 g/mol. The van der Waals surface area contributed by atoms with Crippen LogP contribution in [0.4, 0.5) is 34.1 Å². The molecule has 8 bridgehead atoms. The first-order valence-electron chi connectivity index (χ1n) is 33.1. The fraction of sp³-hybridized carbons (Fsp3) is 0.286. The molecule has 8 aliphatic rings. The highest BCUT2D eigenvalue weighted by Crippen LogP contribution is 2.60. The molecule has 0 spiro atoms. The van der Waals surface area contributed by atoms with Crippen LogP contribution in [0.1, 0.15) is 109 Å². The molecule has 0 unspecified atom stereocenters. The zero-order chi connectivity index (χ0) is 58.7. The van der Waals surface area contributed by atoms with Crippen molar-refractivity contribution in [3.63, 3.8) is 0 Å². The van der Waals surface area contributed by atoms with E-state index in [-0.39, 0.29) is 12.2 Å². The van der Waals surface area contributed by atoms with Crippen molar-refractivity contribution in [3.8, 4) is 11.5 Å². The summed E-state index contributed by atoms with van der Waals surface area (Å²) >= 11 is 0. The molecule has 0 N–H and O–H groups in total. The molecule has 11 aromatic rings. The van der Waals surface area contributed by atoms with Crippen LogP contribution in [0.3, 0.4) is 0 Å². The topological polar surface area (TPSA) is 24.9 Å². The Hall–Kier alpha value is -8.60. The first kappa shape index (κ1) is 53.6. The van der Waals surface area contributed by atoms with Gasteiger partial charge in [-0.3, -0.25) is 0 Å². The van der Waals surface area contributed by atoms with Gasteiger partial charge in [0.1, 0.15) is 23.7 Å². The molecule has 11 aromatic carbocycles. The minimum Gasteiger partial charge on any atom is -0.489 e. The molecule has 0 aromatic heterocycles. The minimum absolute atomic E-state index is 0.170. The van der Waals surface area contributed by atoms with E-state index in [2.05, 4.69) is 256 Å². The van der Waals surface area contributed by atoms with Gasteiger partial charge in [0, 0.05) is 67.2 Å². The van der Waals surface area contributed by atoms with E-state index in [1.165, 1.54) is 141 Å². The van der Waals surface area contributed by atoms with E-state index in [1.54, 1.807) is 0 Å². The number of anilines is 6. The van der Waals surface area contributed by atoms with Crippen LogP contribution in [-0.4, -0.2) is 12.2 Å². The minimum atomic E-state index is 0.170. The van der Waals surface area contributed by atoms with Crippen LogP contribution in [0.25, 0.3) is 67.4 Å². The summed E-state index contributed by atoms with van der Waals surface area (Å²) in [4.78, 5) is 5.02. The molecule has 8 fully saturated rings. The lowest BCUT2D eigenvalue weighted by Gasteiger charge is -2.54. The summed E-state index contributed by atoms with van der Waals surface area (Å²) in [6.45, 7) is 8.67. The Labute approximate surface area is 519 Å². The van der Waals surface area contributed by atoms with Gasteiger partial charge in [-0.2, -0.15) is 0 Å². The lowest BCUT2D eigenvalue weighted by Crippen LogP contribution is -2.50. The van der Waals surface area contributed by atoms with Gasteiger partial charge in [0.25, 0.3) is 0 Å². The van der Waals surface area contributed by atoms with Gasteiger partial charge in [-0.25, -0.2) is 0 Å². The Morgan fingerprint density at radius 2 is 0.557 bits per heavy atom. The van der Waals surface area contributed by atoms with E-state index < -0.39 is 0 Å². The molecule has 0 heterocycles. The number of fused-ring (bicyclic) bond motifs is 2. The highest BCUT2D eigenvalue weighted by Gasteiger charge is 2.51. The SMILES string of the molecule is Cc1ccc(C=Cc2ccc(N(c3ccc(C)cc3)c3cc(OC4C5CC6CC(C5)CC4C6)c4c5cccc6c(N(c7ccc(C)cc7)c7ccc(C=Cc8ccc(C)cc8)cc7)cc(OC7C8CC9CC(C8)CC7C9)c(c7cccc3c74)c65)cc2)cc1. The predicted octanol–water partition coefficient (Wildman–Crippen LogP) is 22.7.